The van der Waals surface area contributed by atoms with Gasteiger partial charge in [0.05, 0.1) is 12.6 Å². The van der Waals surface area contributed by atoms with E-state index in [-0.39, 0.29) is 41.6 Å². The van der Waals surface area contributed by atoms with E-state index in [0.717, 1.165) is 5.57 Å². The Balaban J connectivity index is 1.51. The minimum Gasteiger partial charge on any atom is -0.507 e. The highest BCUT2D eigenvalue weighted by atomic mass is 16.8. The lowest BCUT2D eigenvalue weighted by atomic mass is 9.78. The van der Waals surface area contributed by atoms with Gasteiger partial charge in [-0.1, -0.05) is 31.6 Å². The number of ether oxygens (including phenoxy) is 3. The molecule has 1 amide bonds. The summed E-state index contributed by atoms with van der Waals surface area (Å²) in [4.78, 5) is 36.0. The van der Waals surface area contributed by atoms with Crippen molar-refractivity contribution in [3.05, 3.63) is 35.1 Å². The predicted octanol–water partition coefficient (Wildman–Crippen LogP) is 1.51. The maximum Gasteiger partial charge on any atom is 0.259 e. The average Bonchev–Trinajstić information content (AvgIpc) is 3.29. The van der Waals surface area contributed by atoms with Gasteiger partial charge in [0, 0.05) is 11.8 Å². The number of fused-ring (bicyclic) bond motifs is 4. The Morgan fingerprint density at radius 2 is 1.90 bits per heavy atom. The molecule has 30 heavy (non-hydrogen) atoms. The lowest BCUT2D eigenvalue weighted by Gasteiger charge is -2.51. The maximum absolute atomic E-state index is 12.7. The molecule has 4 heterocycles. The minimum absolute atomic E-state index is 0.0281. The fraction of sp³-hybridized carbons (Fsp3) is 0.591. The van der Waals surface area contributed by atoms with E-state index in [1.54, 1.807) is 6.08 Å². The number of carbonyl (C=O) groups excluding carboxylic acids is 3. The largest absolute Gasteiger partial charge is 0.507 e. The molecule has 0 aliphatic carbocycles. The second-order valence-electron chi connectivity index (χ2n) is 8.90. The number of carbonyl (C=O) groups is 3. The maximum atomic E-state index is 12.7. The number of Topliss-reactive ketones (excluding diaryl/α,β-unsaturated/α-hetero) is 2. The van der Waals surface area contributed by atoms with Crippen LogP contribution in [0.3, 0.4) is 0 Å². The van der Waals surface area contributed by atoms with Gasteiger partial charge < -0.3 is 24.6 Å². The fourth-order valence-electron chi connectivity index (χ4n) is 4.67. The van der Waals surface area contributed by atoms with Crippen molar-refractivity contribution in [2.45, 2.75) is 64.3 Å². The predicted molar refractivity (Wildman–Crippen MR) is 105 cm³/mol. The van der Waals surface area contributed by atoms with Crippen LogP contribution in [0.2, 0.25) is 0 Å². The topological polar surface area (TPSA) is 114 Å². The number of hydrogen-bond donors (Lipinski definition) is 2. The van der Waals surface area contributed by atoms with E-state index in [9.17, 15) is 19.5 Å². The van der Waals surface area contributed by atoms with Crippen LogP contribution in [0.15, 0.2) is 35.1 Å². The molecule has 8 heteroatoms. The molecule has 4 fully saturated rings. The summed E-state index contributed by atoms with van der Waals surface area (Å²) >= 11 is 0. The SMILES string of the molecule is CC(/C=C/C(O)=C1/C(=O)CNC1=O)=C\[C@@H](C)[C@H]1OC2(C)O[C@H](C(=O)[C@@H]3O[C@@]32C)[C@@H]1C. The smallest absolute Gasteiger partial charge is 0.259 e. The van der Waals surface area contributed by atoms with Crippen molar-refractivity contribution in [3.8, 4) is 0 Å². The Morgan fingerprint density at radius 1 is 1.20 bits per heavy atom. The first kappa shape index (κ1) is 21.0. The van der Waals surface area contributed by atoms with Crippen LogP contribution in [0.5, 0.6) is 0 Å². The van der Waals surface area contributed by atoms with Crippen LogP contribution in [0, 0.1) is 11.8 Å². The fourth-order valence-corrected chi connectivity index (χ4v) is 4.67. The number of rotatable bonds is 4. The van der Waals surface area contributed by atoms with Crippen molar-refractivity contribution in [2.75, 3.05) is 6.54 Å². The Morgan fingerprint density at radius 3 is 2.53 bits per heavy atom. The molecule has 4 rings (SSSR count). The van der Waals surface area contributed by atoms with Gasteiger partial charge >= 0.3 is 0 Å². The molecule has 0 radical (unpaired) electrons. The number of nitrogens with one attached hydrogen (secondary N) is 1. The molecule has 7 atom stereocenters. The first-order chi connectivity index (χ1) is 14.0. The zero-order chi connectivity index (χ0) is 22.0. The van der Waals surface area contributed by atoms with Gasteiger partial charge in [0.1, 0.15) is 17.4 Å². The third-order valence-electron chi connectivity index (χ3n) is 6.67. The summed E-state index contributed by atoms with van der Waals surface area (Å²) in [6.45, 7) is 9.34. The van der Waals surface area contributed by atoms with Gasteiger partial charge in [-0.25, -0.2) is 0 Å². The molecule has 162 valence electrons. The van der Waals surface area contributed by atoms with E-state index in [0.29, 0.717) is 0 Å². The molecule has 2 N–H and O–H groups in total. The van der Waals surface area contributed by atoms with Crippen LogP contribution < -0.4 is 5.32 Å². The number of amides is 1. The standard InChI is InChI=1S/C22H27NO7/c1-10(6-7-13(24)15-14(25)9-23-20(15)27)8-11(2)17-12(3)18-16(26)19-21(4,30-19)22(5,28-17)29-18/h6-8,11-12,17-19,24H,9H2,1-5H3,(H,23,27)/b7-6+,10-8+,15-13+/t11-,12-,17-,18+,19+,21+,22?/m1/s1. The molecule has 0 aromatic carbocycles. The molecular formula is C22H27NO7. The molecule has 8 nitrogen and oxygen atoms in total. The third-order valence-corrected chi connectivity index (χ3v) is 6.67. The lowest BCUT2D eigenvalue weighted by Crippen LogP contribution is -2.66. The van der Waals surface area contributed by atoms with E-state index in [2.05, 4.69) is 5.32 Å². The van der Waals surface area contributed by atoms with Crippen LogP contribution in [0.1, 0.15) is 34.6 Å². The monoisotopic (exact) mass is 417 g/mol. The van der Waals surface area contributed by atoms with E-state index in [1.807, 2.05) is 40.7 Å². The summed E-state index contributed by atoms with van der Waals surface area (Å²) in [5, 5.41) is 12.5. The highest BCUT2D eigenvalue weighted by Gasteiger charge is 2.76. The molecule has 1 unspecified atom stereocenters. The van der Waals surface area contributed by atoms with Gasteiger partial charge in [-0.3, -0.25) is 14.4 Å². The van der Waals surface area contributed by atoms with E-state index < -0.39 is 35.3 Å². The van der Waals surface area contributed by atoms with Crippen LogP contribution in [-0.2, 0) is 28.6 Å². The molecule has 4 aliphatic rings. The average molecular weight is 417 g/mol. The second-order valence-corrected chi connectivity index (χ2v) is 8.90. The van der Waals surface area contributed by atoms with Crippen LogP contribution >= 0.6 is 0 Å². The minimum atomic E-state index is -0.988. The first-order valence-electron chi connectivity index (χ1n) is 10.2. The van der Waals surface area contributed by atoms with Crippen molar-refractivity contribution in [1.82, 2.24) is 5.32 Å². The number of aliphatic hydroxyl groups is 1. The van der Waals surface area contributed by atoms with Gasteiger partial charge in [0.2, 0.25) is 0 Å². The molecule has 4 aliphatic heterocycles. The summed E-state index contributed by atoms with van der Waals surface area (Å²) in [6, 6.07) is 0. The number of hydrogen-bond acceptors (Lipinski definition) is 7. The van der Waals surface area contributed by atoms with Crippen molar-refractivity contribution in [1.29, 1.82) is 0 Å². The van der Waals surface area contributed by atoms with E-state index in [1.165, 1.54) is 6.08 Å². The highest BCUT2D eigenvalue weighted by molar-refractivity contribution is 6.25. The summed E-state index contributed by atoms with van der Waals surface area (Å²) in [5.41, 5.74) is -0.167. The Bertz CT molecular complexity index is 900. The molecule has 0 spiro atoms. The van der Waals surface area contributed by atoms with Gasteiger partial charge in [-0.05, 0) is 26.8 Å². The van der Waals surface area contributed by atoms with Gasteiger partial charge in [0.25, 0.3) is 5.91 Å². The Kier molecular flexibility index (Phi) is 4.80. The van der Waals surface area contributed by atoms with Gasteiger partial charge in [-0.15, -0.1) is 0 Å². The normalized spacial score (nSPS) is 43.5. The molecule has 0 aromatic heterocycles. The molecule has 4 saturated heterocycles. The van der Waals surface area contributed by atoms with Crippen molar-refractivity contribution < 1.29 is 33.7 Å². The number of ketones is 2. The Hall–Kier alpha value is -2.29. The van der Waals surface area contributed by atoms with E-state index >= 15 is 0 Å². The first-order valence-corrected chi connectivity index (χ1v) is 10.2. The zero-order valence-corrected chi connectivity index (χ0v) is 17.7. The van der Waals surface area contributed by atoms with Crippen molar-refractivity contribution in [2.24, 2.45) is 11.8 Å². The number of allylic oxidation sites excluding steroid dienone is 3. The molecule has 0 saturated carbocycles. The Labute approximate surface area is 174 Å². The second kappa shape index (κ2) is 6.87. The number of aliphatic hydroxyl groups excluding tert-OH is 1. The van der Waals surface area contributed by atoms with E-state index in [4.69, 9.17) is 14.2 Å². The quantitative estimate of drug-likeness (QED) is 0.234. The van der Waals surface area contributed by atoms with Crippen molar-refractivity contribution in [3.63, 3.8) is 0 Å². The number of epoxide rings is 1. The summed E-state index contributed by atoms with van der Waals surface area (Å²) in [6.07, 6.45) is 3.64. The summed E-state index contributed by atoms with van der Waals surface area (Å²) in [5.74, 6) is -2.59. The summed E-state index contributed by atoms with van der Waals surface area (Å²) < 4.78 is 18.0. The zero-order valence-electron chi connectivity index (χ0n) is 17.7. The third kappa shape index (κ3) is 3.05. The molecule has 2 bridgehead atoms. The van der Waals surface area contributed by atoms with Crippen LogP contribution in [0.25, 0.3) is 0 Å². The highest BCUT2D eigenvalue weighted by Crippen LogP contribution is 2.57. The van der Waals surface area contributed by atoms with Crippen LogP contribution in [0.4, 0.5) is 0 Å². The van der Waals surface area contributed by atoms with Gasteiger partial charge in [-0.2, -0.15) is 0 Å². The lowest BCUT2D eigenvalue weighted by molar-refractivity contribution is -0.350. The summed E-state index contributed by atoms with van der Waals surface area (Å²) in [7, 11) is 0. The van der Waals surface area contributed by atoms with Gasteiger partial charge in [0.15, 0.2) is 29.1 Å². The van der Waals surface area contributed by atoms with Crippen molar-refractivity contribution >= 4 is 17.5 Å². The molecular weight excluding hydrogens is 390 g/mol. The van der Waals surface area contributed by atoms with Crippen LogP contribution in [-0.4, -0.2) is 58.8 Å². The molecule has 0 aromatic rings.